The summed E-state index contributed by atoms with van der Waals surface area (Å²) in [5.74, 6) is -0.689. The number of hydrogen-bond acceptors (Lipinski definition) is 6. The molecule has 1 aliphatic rings. The highest BCUT2D eigenvalue weighted by Crippen LogP contribution is 2.38. The smallest absolute Gasteiger partial charge is 0.303 e. The van der Waals surface area contributed by atoms with Gasteiger partial charge in [0, 0.05) is 18.5 Å². The maximum Gasteiger partial charge on any atom is 0.303 e. The Labute approximate surface area is 156 Å². The summed E-state index contributed by atoms with van der Waals surface area (Å²) in [4.78, 5) is 24.7. The summed E-state index contributed by atoms with van der Waals surface area (Å²) in [5.41, 5.74) is 0.423. The predicted molar refractivity (Wildman–Crippen MR) is 99.1 cm³/mol. The third-order valence-electron chi connectivity index (χ3n) is 3.23. The van der Waals surface area contributed by atoms with Crippen LogP contribution in [0.15, 0.2) is 21.5 Å². The normalized spacial score (nSPS) is 16.1. The molecule has 0 bridgehead atoms. The number of carboxylic acid groups (broad SMARTS) is 1. The molecule has 2 rings (SSSR count). The van der Waals surface area contributed by atoms with E-state index in [1.807, 2.05) is 0 Å². The monoisotopic (exact) mass is 431 g/mol. The van der Waals surface area contributed by atoms with Crippen LogP contribution in [0.1, 0.15) is 18.4 Å². The average molecular weight is 432 g/mol. The summed E-state index contributed by atoms with van der Waals surface area (Å²) in [6.45, 7) is 0.252. The van der Waals surface area contributed by atoms with E-state index in [1.165, 1.54) is 12.0 Å². The van der Waals surface area contributed by atoms with E-state index in [0.29, 0.717) is 31.4 Å². The maximum absolute atomic E-state index is 12.4. The molecule has 6 nitrogen and oxygen atoms in total. The molecule has 1 amide bonds. The van der Waals surface area contributed by atoms with Crippen LogP contribution in [0.5, 0.6) is 11.5 Å². The van der Waals surface area contributed by atoms with Crippen molar-refractivity contribution < 1.29 is 24.5 Å². The number of rotatable bonds is 6. The van der Waals surface area contributed by atoms with Crippen molar-refractivity contribution in [2.24, 2.45) is 0 Å². The van der Waals surface area contributed by atoms with E-state index in [0.717, 1.165) is 11.8 Å². The topological polar surface area (TPSA) is 87.1 Å². The molecule has 0 spiro atoms. The summed E-state index contributed by atoms with van der Waals surface area (Å²) >= 11 is 9.53. The van der Waals surface area contributed by atoms with E-state index in [-0.39, 0.29) is 24.6 Å². The van der Waals surface area contributed by atoms with Crippen molar-refractivity contribution in [3.8, 4) is 11.5 Å². The van der Waals surface area contributed by atoms with Crippen molar-refractivity contribution in [1.82, 2.24) is 4.90 Å². The average Bonchev–Trinajstić information content (AvgIpc) is 2.78. The second-order valence-corrected chi connectivity index (χ2v) is 7.41. The fraction of sp³-hybridized carbons (Fsp3) is 0.267. The van der Waals surface area contributed by atoms with Crippen LogP contribution in [0.3, 0.4) is 0 Å². The first kappa shape index (κ1) is 18.8. The Balaban J connectivity index is 2.22. The SMILES string of the molecule is COc1cc(Br)c(O)c(/C=C2\SC(=S)N(CCCC(=O)O)C2=O)c1. The van der Waals surface area contributed by atoms with Crippen LogP contribution in [0.2, 0.25) is 0 Å². The predicted octanol–water partition coefficient (Wildman–Crippen LogP) is 3.23. The van der Waals surface area contributed by atoms with Gasteiger partial charge in [0.25, 0.3) is 5.91 Å². The van der Waals surface area contributed by atoms with Crippen molar-refractivity contribution in [2.45, 2.75) is 12.8 Å². The van der Waals surface area contributed by atoms with Gasteiger partial charge in [-0.15, -0.1) is 0 Å². The standard InChI is InChI=1S/C15H14BrNO5S2/c1-22-9-5-8(13(20)10(16)7-9)6-11-14(21)17(15(23)24-11)4-2-3-12(18)19/h5-7,20H,2-4H2,1H3,(H,18,19)/b11-6-. The Kier molecular flexibility index (Phi) is 6.25. The molecule has 0 saturated carbocycles. The highest BCUT2D eigenvalue weighted by atomic mass is 79.9. The zero-order valence-corrected chi connectivity index (χ0v) is 15.8. The van der Waals surface area contributed by atoms with Crippen LogP contribution in [0.25, 0.3) is 6.08 Å². The van der Waals surface area contributed by atoms with Gasteiger partial charge in [0.2, 0.25) is 0 Å². The molecule has 0 unspecified atom stereocenters. The number of carbonyl (C=O) groups is 2. The van der Waals surface area contributed by atoms with Crippen molar-refractivity contribution in [3.63, 3.8) is 0 Å². The molecule has 1 saturated heterocycles. The van der Waals surface area contributed by atoms with E-state index < -0.39 is 5.97 Å². The molecule has 1 heterocycles. The number of aliphatic carboxylic acids is 1. The first-order valence-electron chi connectivity index (χ1n) is 6.87. The summed E-state index contributed by atoms with van der Waals surface area (Å²) in [6.07, 6.45) is 1.84. The molecular weight excluding hydrogens is 418 g/mol. The zero-order valence-electron chi connectivity index (χ0n) is 12.6. The summed E-state index contributed by atoms with van der Waals surface area (Å²) in [6, 6.07) is 3.22. The number of aromatic hydroxyl groups is 1. The Morgan fingerprint density at radius 2 is 2.21 bits per heavy atom. The minimum atomic E-state index is -0.915. The van der Waals surface area contributed by atoms with Crippen molar-refractivity contribution in [2.75, 3.05) is 13.7 Å². The summed E-state index contributed by atoms with van der Waals surface area (Å²) in [7, 11) is 1.50. The van der Waals surface area contributed by atoms with Gasteiger partial charge in [0.1, 0.15) is 15.8 Å². The van der Waals surface area contributed by atoms with Gasteiger partial charge in [0.05, 0.1) is 16.5 Å². The summed E-state index contributed by atoms with van der Waals surface area (Å²) < 4.78 is 5.97. The number of thiocarbonyl (C=S) groups is 1. The molecular formula is C15H14BrNO5S2. The fourth-order valence-corrected chi connectivity index (χ4v) is 3.80. The van der Waals surface area contributed by atoms with Gasteiger partial charge in [-0.2, -0.15) is 0 Å². The second kappa shape index (κ2) is 8.00. The Morgan fingerprint density at radius 3 is 2.83 bits per heavy atom. The van der Waals surface area contributed by atoms with E-state index >= 15 is 0 Å². The minimum absolute atomic E-state index is 0.00746. The Bertz CT molecular complexity index is 735. The number of hydrogen-bond donors (Lipinski definition) is 2. The van der Waals surface area contributed by atoms with Crippen LogP contribution >= 0.6 is 39.9 Å². The van der Waals surface area contributed by atoms with Crippen LogP contribution < -0.4 is 4.74 Å². The molecule has 0 atom stereocenters. The number of halogens is 1. The molecule has 1 aromatic rings. The molecule has 0 radical (unpaired) electrons. The first-order chi connectivity index (χ1) is 11.3. The molecule has 2 N–H and O–H groups in total. The van der Waals surface area contributed by atoms with Gasteiger partial charge < -0.3 is 14.9 Å². The van der Waals surface area contributed by atoms with Gasteiger partial charge in [-0.3, -0.25) is 14.5 Å². The maximum atomic E-state index is 12.4. The van der Waals surface area contributed by atoms with Gasteiger partial charge in [-0.1, -0.05) is 24.0 Å². The van der Waals surface area contributed by atoms with Crippen molar-refractivity contribution in [3.05, 3.63) is 27.1 Å². The third-order valence-corrected chi connectivity index (χ3v) is 5.22. The molecule has 24 heavy (non-hydrogen) atoms. The number of thioether (sulfide) groups is 1. The quantitative estimate of drug-likeness (QED) is 0.527. The number of amides is 1. The molecule has 1 aliphatic heterocycles. The number of phenols is 1. The lowest BCUT2D eigenvalue weighted by Crippen LogP contribution is -2.29. The number of ether oxygens (including phenoxy) is 1. The van der Waals surface area contributed by atoms with Gasteiger partial charge in [0.15, 0.2) is 0 Å². The number of benzene rings is 1. The van der Waals surface area contributed by atoms with E-state index in [2.05, 4.69) is 15.9 Å². The van der Waals surface area contributed by atoms with Gasteiger partial charge in [-0.05, 0) is 40.6 Å². The molecule has 128 valence electrons. The number of methoxy groups -OCH3 is 1. The Morgan fingerprint density at radius 1 is 1.50 bits per heavy atom. The van der Waals surface area contributed by atoms with Crippen molar-refractivity contribution in [1.29, 1.82) is 0 Å². The summed E-state index contributed by atoms with van der Waals surface area (Å²) in [5, 5.41) is 18.8. The minimum Gasteiger partial charge on any atom is -0.506 e. The molecule has 0 aliphatic carbocycles. The largest absolute Gasteiger partial charge is 0.506 e. The highest BCUT2D eigenvalue weighted by Gasteiger charge is 2.32. The highest BCUT2D eigenvalue weighted by molar-refractivity contribution is 9.10. The number of phenolic OH excluding ortho intramolecular Hbond substituents is 1. The van der Waals surface area contributed by atoms with Gasteiger partial charge >= 0.3 is 5.97 Å². The molecule has 0 aromatic heterocycles. The van der Waals surface area contributed by atoms with Crippen LogP contribution in [-0.2, 0) is 9.59 Å². The lowest BCUT2D eigenvalue weighted by Gasteiger charge is -2.13. The third kappa shape index (κ3) is 4.28. The van der Waals surface area contributed by atoms with Crippen LogP contribution in [-0.4, -0.2) is 45.0 Å². The van der Waals surface area contributed by atoms with E-state index in [9.17, 15) is 14.7 Å². The molecule has 9 heteroatoms. The molecule has 1 fully saturated rings. The van der Waals surface area contributed by atoms with E-state index in [1.54, 1.807) is 18.2 Å². The lowest BCUT2D eigenvalue weighted by atomic mass is 10.1. The Hall–Kier alpha value is -1.58. The second-order valence-electron chi connectivity index (χ2n) is 4.88. The van der Waals surface area contributed by atoms with Gasteiger partial charge in [-0.25, -0.2) is 0 Å². The zero-order chi connectivity index (χ0) is 17.9. The first-order valence-corrected chi connectivity index (χ1v) is 8.89. The van der Waals surface area contributed by atoms with Crippen LogP contribution in [0.4, 0.5) is 0 Å². The van der Waals surface area contributed by atoms with Crippen molar-refractivity contribution >= 4 is 62.2 Å². The number of carbonyl (C=O) groups excluding carboxylic acids is 1. The fourth-order valence-electron chi connectivity index (χ4n) is 2.04. The van der Waals surface area contributed by atoms with Crippen LogP contribution in [0, 0.1) is 0 Å². The lowest BCUT2D eigenvalue weighted by molar-refractivity contribution is -0.137. The molecule has 1 aromatic carbocycles. The van der Waals surface area contributed by atoms with E-state index in [4.69, 9.17) is 22.1 Å². The number of nitrogens with zero attached hydrogens (tertiary/aromatic N) is 1. The number of carboxylic acids is 1.